The number of halogens is 2. The quantitative estimate of drug-likeness (QED) is 0.591. The topological polar surface area (TPSA) is 29.1 Å². The first-order valence-corrected chi connectivity index (χ1v) is 2.91. The molecule has 0 spiro atoms. The highest BCUT2D eigenvalue weighted by Crippen LogP contribution is 2.15. The number of ketones is 1. The molecule has 1 aliphatic heterocycles. The van der Waals surface area contributed by atoms with Crippen molar-refractivity contribution in [2.24, 2.45) is 0 Å². The second-order valence-corrected chi connectivity index (χ2v) is 2.15. The summed E-state index contributed by atoms with van der Waals surface area (Å²) in [6.07, 6.45) is -1.57. The zero-order valence-corrected chi connectivity index (χ0v) is 5.40. The molecule has 0 radical (unpaired) electrons. The van der Waals surface area contributed by atoms with Crippen LogP contribution < -0.4 is 5.32 Å². The Morgan fingerprint density at radius 3 is 2.50 bits per heavy atom. The molecule has 1 aliphatic rings. The van der Waals surface area contributed by atoms with Gasteiger partial charge in [-0.1, -0.05) is 0 Å². The van der Waals surface area contributed by atoms with E-state index in [9.17, 15) is 13.6 Å². The van der Waals surface area contributed by atoms with Crippen LogP contribution in [0.4, 0.5) is 8.78 Å². The summed E-state index contributed by atoms with van der Waals surface area (Å²) in [4.78, 5) is 10.7. The number of hydrogen-bond donors (Lipinski definition) is 1. The molecule has 0 saturated heterocycles. The third-order valence-electron chi connectivity index (χ3n) is 1.40. The Hall–Kier alpha value is -0.930. The molecule has 0 fully saturated rings. The van der Waals surface area contributed by atoms with Gasteiger partial charge in [-0.3, -0.25) is 4.79 Å². The molecule has 1 N–H and O–H groups in total. The normalized spacial score (nSPS) is 25.0. The van der Waals surface area contributed by atoms with E-state index in [2.05, 4.69) is 5.32 Å². The van der Waals surface area contributed by atoms with E-state index >= 15 is 0 Å². The molecule has 4 heteroatoms. The fourth-order valence-corrected chi connectivity index (χ4v) is 0.782. The van der Waals surface area contributed by atoms with Gasteiger partial charge in [0.1, 0.15) is 0 Å². The summed E-state index contributed by atoms with van der Waals surface area (Å²) in [5.74, 6) is -0.505. The lowest BCUT2D eigenvalue weighted by atomic mass is 10.1. The highest BCUT2D eigenvalue weighted by Gasteiger charge is 2.28. The standard InChI is InChI=1S/C6H7F2NO/c1-3-5(10)4(2-9-3)6(7)8/h2-3,6,9H,1H3. The van der Waals surface area contributed by atoms with E-state index in [0.717, 1.165) is 6.20 Å². The van der Waals surface area contributed by atoms with Gasteiger partial charge in [-0.15, -0.1) is 0 Å². The minimum absolute atomic E-state index is 0.410. The second kappa shape index (κ2) is 2.36. The van der Waals surface area contributed by atoms with Gasteiger partial charge < -0.3 is 5.32 Å². The molecule has 1 rings (SSSR count). The van der Waals surface area contributed by atoms with Crippen LogP contribution in [0.5, 0.6) is 0 Å². The van der Waals surface area contributed by atoms with E-state index in [1.807, 2.05) is 0 Å². The SMILES string of the molecule is CC1NC=C(C(F)F)C1=O. The van der Waals surface area contributed by atoms with E-state index in [-0.39, 0.29) is 0 Å². The molecule has 0 saturated carbocycles. The zero-order chi connectivity index (χ0) is 7.72. The Bertz CT molecular complexity index is 188. The lowest BCUT2D eigenvalue weighted by Gasteiger charge is -1.99. The highest BCUT2D eigenvalue weighted by atomic mass is 19.3. The van der Waals surface area contributed by atoms with E-state index in [1.165, 1.54) is 0 Å². The van der Waals surface area contributed by atoms with Crippen LogP contribution in [-0.4, -0.2) is 18.3 Å². The monoisotopic (exact) mass is 147 g/mol. The number of carbonyl (C=O) groups excluding carboxylic acids is 1. The minimum atomic E-state index is -2.65. The van der Waals surface area contributed by atoms with Crippen molar-refractivity contribution in [3.05, 3.63) is 11.8 Å². The van der Waals surface area contributed by atoms with Crippen LogP contribution >= 0.6 is 0 Å². The Morgan fingerprint density at radius 1 is 1.70 bits per heavy atom. The third-order valence-corrected chi connectivity index (χ3v) is 1.40. The molecule has 0 bridgehead atoms. The van der Waals surface area contributed by atoms with Gasteiger partial charge in [0.2, 0.25) is 0 Å². The Labute approximate surface area is 56.9 Å². The predicted octanol–water partition coefficient (Wildman–Crippen LogP) is 0.696. The van der Waals surface area contributed by atoms with Gasteiger partial charge in [0, 0.05) is 6.20 Å². The molecule has 0 aromatic carbocycles. The first-order valence-electron chi connectivity index (χ1n) is 2.91. The van der Waals surface area contributed by atoms with Crippen molar-refractivity contribution >= 4 is 5.78 Å². The number of carbonyl (C=O) groups is 1. The fraction of sp³-hybridized carbons (Fsp3) is 0.500. The largest absolute Gasteiger partial charge is 0.381 e. The summed E-state index contributed by atoms with van der Waals surface area (Å²) in [6.45, 7) is 1.55. The lowest BCUT2D eigenvalue weighted by Crippen LogP contribution is -2.24. The van der Waals surface area contributed by atoms with Gasteiger partial charge in [0.05, 0.1) is 11.6 Å². The minimum Gasteiger partial charge on any atom is -0.381 e. The van der Waals surface area contributed by atoms with Crippen molar-refractivity contribution in [2.75, 3.05) is 0 Å². The van der Waals surface area contributed by atoms with Crippen LogP contribution in [0.25, 0.3) is 0 Å². The number of hydrogen-bond acceptors (Lipinski definition) is 2. The average Bonchev–Trinajstić information content (AvgIpc) is 2.14. The van der Waals surface area contributed by atoms with Crippen LogP contribution in [0, 0.1) is 0 Å². The number of rotatable bonds is 1. The molecule has 56 valence electrons. The maximum absolute atomic E-state index is 11.8. The van der Waals surface area contributed by atoms with Crippen LogP contribution in [0.3, 0.4) is 0 Å². The molecular weight excluding hydrogens is 140 g/mol. The highest BCUT2D eigenvalue weighted by molar-refractivity contribution is 6.01. The van der Waals surface area contributed by atoms with Gasteiger partial charge in [0.25, 0.3) is 6.43 Å². The Morgan fingerprint density at radius 2 is 2.30 bits per heavy atom. The summed E-state index contributed by atoms with van der Waals surface area (Å²) < 4.78 is 23.7. The Kier molecular flexibility index (Phi) is 1.70. The van der Waals surface area contributed by atoms with Crippen LogP contribution in [0.1, 0.15) is 6.92 Å². The molecule has 1 atom stereocenters. The molecule has 1 heterocycles. The summed E-state index contributed by atoms with van der Waals surface area (Å²) >= 11 is 0. The van der Waals surface area contributed by atoms with Crippen molar-refractivity contribution in [1.29, 1.82) is 0 Å². The maximum Gasteiger partial charge on any atom is 0.268 e. The second-order valence-electron chi connectivity index (χ2n) is 2.15. The first kappa shape index (κ1) is 7.18. The van der Waals surface area contributed by atoms with E-state index in [4.69, 9.17) is 0 Å². The Balaban J connectivity index is 2.72. The van der Waals surface area contributed by atoms with Crippen molar-refractivity contribution < 1.29 is 13.6 Å². The third kappa shape index (κ3) is 1.01. The molecule has 0 aromatic heterocycles. The van der Waals surface area contributed by atoms with Crippen molar-refractivity contribution in [1.82, 2.24) is 5.32 Å². The summed E-state index contributed by atoms with van der Waals surface area (Å²) in [6, 6.07) is -0.482. The molecule has 10 heavy (non-hydrogen) atoms. The fourth-order valence-electron chi connectivity index (χ4n) is 0.782. The summed E-state index contributed by atoms with van der Waals surface area (Å²) in [5.41, 5.74) is -0.410. The molecular formula is C6H7F2NO. The summed E-state index contributed by atoms with van der Waals surface area (Å²) in [5, 5.41) is 2.51. The molecule has 0 aliphatic carbocycles. The van der Waals surface area contributed by atoms with Crippen molar-refractivity contribution in [2.45, 2.75) is 19.4 Å². The molecule has 1 unspecified atom stereocenters. The molecule has 2 nitrogen and oxygen atoms in total. The number of Topliss-reactive ketones (excluding diaryl/α,β-unsaturated/α-hetero) is 1. The summed E-state index contributed by atoms with van der Waals surface area (Å²) in [7, 11) is 0. The van der Waals surface area contributed by atoms with Crippen molar-refractivity contribution in [3.63, 3.8) is 0 Å². The van der Waals surface area contributed by atoms with Crippen molar-refractivity contribution in [3.8, 4) is 0 Å². The number of nitrogens with one attached hydrogen (secondary N) is 1. The van der Waals surface area contributed by atoms with Gasteiger partial charge in [-0.25, -0.2) is 8.78 Å². The average molecular weight is 147 g/mol. The maximum atomic E-state index is 11.8. The van der Waals surface area contributed by atoms with Crippen LogP contribution in [0.15, 0.2) is 11.8 Å². The number of alkyl halides is 2. The lowest BCUT2D eigenvalue weighted by molar-refractivity contribution is -0.117. The van der Waals surface area contributed by atoms with E-state index < -0.39 is 23.8 Å². The van der Waals surface area contributed by atoms with E-state index in [1.54, 1.807) is 6.92 Å². The van der Waals surface area contributed by atoms with Crippen LogP contribution in [-0.2, 0) is 4.79 Å². The van der Waals surface area contributed by atoms with Crippen LogP contribution in [0.2, 0.25) is 0 Å². The first-order chi connectivity index (χ1) is 4.63. The van der Waals surface area contributed by atoms with Gasteiger partial charge in [-0.05, 0) is 6.92 Å². The van der Waals surface area contributed by atoms with Gasteiger partial charge in [-0.2, -0.15) is 0 Å². The molecule has 0 amide bonds. The van der Waals surface area contributed by atoms with E-state index in [0.29, 0.717) is 0 Å². The van der Waals surface area contributed by atoms with Gasteiger partial charge in [0.15, 0.2) is 5.78 Å². The smallest absolute Gasteiger partial charge is 0.268 e. The van der Waals surface area contributed by atoms with Gasteiger partial charge >= 0.3 is 0 Å². The predicted molar refractivity (Wildman–Crippen MR) is 31.7 cm³/mol. The zero-order valence-electron chi connectivity index (χ0n) is 5.40. The molecule has 0 aromatic rings.